The van der Waals surface area contributed by atoms with Crippen LogP contribution in [0.1, 0.15) is 28.1 Å². The van der Waals surface area contributed by atoms with E-state index in [1.54, 1.807) is 18.2 Å². The second-order valence-electron chi connectivity index (χ2n) is 4.16. The van der Waals surface area contributed by atoms with Crippen LogP contribution in [0.5, 0.6) is 5.75 Å². The Morgan fingerprint density at radius 1 is 1.35 bits per heavy atom. The van der Waals surface area contributed by atoms with Gasteiger partial charge in [-0.2, -0.15) is 0 Å². The van der Waals surface area contributed by atoms with E-state index in [0.717, 1.165) is 10.1 Å². The summed E-state index contributed by atoms with van der Waals surface area (Å²) in [6.45, 7) is 0. The van der Waals surface area contributed by atoms with E-state index < -0.39 is 5.97 Å². The molecule has 0 fully saturated rings. The molecule has 0 unspecified atom stereocenters. The predicted octanol–water partition coefficient (Wildman–Crippen LogP) is 2.94. The third kappa shape index (κ3) is 2.81. The van der Waals surface area contributed by atoms with Crippen LogP contribution in [0.4, 0.5) is 0 Å². The van der Waals surface area contributed by atoms with Crippen LogP contribution in [0, 0.1) is 12.3 Å². The van der Waals surface area contributed by atoms with Gasteiger partial charge in [0.2, 0.25) is 0 Å². The molecule has 1 heterocycles. The van der Waals surface area contributed by atoms with Gasteiger partial charge in [-0.25, -0.2) is 0 Å². The topological polar surface area (TPSA) is 63.6 Å². The minimum Gasteiger partial charge on any atom is -0.495 e. The number of carboxylic acids is 1. The molecule has 0 aliphatic heterocycles. The van der Waals surface area contributed by atoms with Crippen LogP contribution in [0.25, 0.3) is 10.1 Å². The molecule has 0 aliphatic rings. The number of carboxylic acid groups (broad SMARTS) is 1. The molecule has 1 aromatic carbocycles. The van der Waals surface area contributed by atoms with Gasteiger partial charge in [-0.1, -0.05) is 5.92 Å². The number of hydrogen-bond donors (Lipinski definition) is 1. The largest absolute Gasteiger partial charge is 0.495 e. The first-order chi connectivity index (χ1) is 9.55. The van der Waals surface area contributed by atoms with Gasteiger partial charge < -0.3 is 9.84 Å². The first-order valence-electron chi connectivity index (χ1n) is 5.88. The molecule has 0 aliphatic carbocycles. The molecule has 4 nitrogen and oxygen atoms in total. The number of carbonyl (C=O) groups excluding carboxylic acids is 1. The molecule has 0 bridgehead atoms. The lowest BCUT2D eigenvalue weighted by Crippen LogP contribution is -2.01. The van der Waals surface area contributed by atoms with Crippen LogP contribution in [0.2, 0.25) is 0 Å². The van der Waals surface area contributed by atoms with Gasteiger partial charge in [0, 0.05) is 11.1 Å². The SMILES string of the molecule is C#Cc1cc2cc(C(=O)CCC(=O)O)sc2cc1OC. The highest BCUT2D eigenvalue weighted by molar-refractivity contribution is 7.20. The van der Waals surface area contributed by atoms with Gasteiger partial charge in [-0.15, -0.1) is 17.8 Å². The Morgan fingerprint density at radius 3 is 2.70 bits per heavy atom. The summed E-state index contributed by atoms with van der Waals surface area (Å²) >= 11 is 1.31. The summed E-state index contributed by atoms with van der Waals surface area (Å²) in [5.74, 6) is 1.98. The summed E-state index contributed by atoms with van der Waals surface area (Å²) in [6, 6.07) is 5.33. The fraction of sp³-hybridized carbons (Fsp3) is 0.200. The Kier molecular flexibility index (Phi) is 4.06. The first kappa shape index (κ1) is 14.1. The smallest absolute Gasteiger partial charge is 0.303 e. The number of ketones is 1. The summed E-state index contributed by atoms with van der Waals surface area (Å²) in [4.78, 5) is 22.9. The first-order valence-corrected chi connectivity index (χ1v) is 6.70. The van der Waals surface area contributed by atoms with Crippen molar-refractivity contribution in [2.75, 3.05) is 7.11 Å². The van der Waals surface area contributed by atoms with Crippen molar-refractivity contribution < 1.29 is 19.4 Å². The third-order valence-electron chi connectivity index (χ3n) is 2.83. The number of rotatable bonds is 5. The number of aliphatic carboxylic acids is 1. The van der Waals surface area contributed by atoms with Crippen LogP contribution in [-0.2, 0) is 4.79 Å². The molecule has 1 N–H and O–H groups in total. The van der Waals surface area contributed by atoms with Crippen LogP contribution < -0.4 is 4.74 Å². The number of ether oxygens (including phenoxy) is 1. The fourth-order valence-electron chi connectivity index (χ4n) is 1.83. The van der Waals surface area contributed by atoms with Crippen molar-refractivity contribution in [2.45, 2.75) is 12.8 Å². The van der Waals surface area contributed by atoms with E-state index in [-0.39, 0.29) is 18.6 Å². The Hall–Kier alpha value is -2.32. The molecule has 0 atom stereocenters. The molecule has 2 rings (SSSR count). The normalized spacial score (nSPS) is 10.2. The van der Waals surface area contributed by atoms with Gasteiger partial charge in [-0.3, -0.25) is 9.59 Å². The Bertz CT molecular complexity index is 721. The van der Waals surface area contributed by atoms with Crippen LogP contribution in [-0.4, -0.2) is 24.0 Å². The van der Waals surface area contributed by atoms with Crippen LogP contribution in [0.3, 0.4) is 0 Å². The molecule has 2 aromatic rings. The van der Waals surface area contributed by atoms with Crippen LogP contribution >= 0.6 is 11.3 Å². The van der Waals surface area contributed by atoms with Gasteiger partial charge in [0.1, 0.15) is 5.75 Å². The molecule has 0 saturated heterocycles. The Balaban J connectivity index is 2.36. The third-order valence-corrected chi connectivity index (χ3v) is 3.97. The van der Waals surface area contributed by atoms with Crippen molar-refractivity contribution in [3.05, 3.63) is 28.6 Å². The maximum absolute atomic E-state index is 11.9. The number of carbonyl (C=O) groups is 2. The number of Topliss-reactive ketones (excluding diaryl/α,β-unsaturated/α-hetero) is 1. The molecule has 0 saturated carbocycles. The van der Waals surface area contributed by atoms with E-state index in [4.69, 9.17) is 16.3 Å². The quantitative estimate of drug-likeness (QED) is 0.678. The number of terminal acetylenes is 1. The summed E-state index contributed by atoms with van der Waals surface area (Å²) in [7, 11) is 1.54. The lowest BCUT2D eigenvalue weighted by Gasteiger charge is -2.02. The summed E-state index contributed by atoms with van der Waals surface area (Å²) in [5, 5.41) is 9.46. The van der Waals surface area contributed by atoms with Crippen molar-refractivity contribution in [3.63, 3.8) is 0 Å². The zero-order valence-electron chi connectivity index (χ0n) is 10.8. The van der Waals surface area contributed by atoms with Gasteiger partial charge >= 0.3 is 5.97 Å². The van der Waals surface area contributed by atoms with E-state index in [1.807, 2.05) is 0 Å². The number of methoxy groups -OCH3 is 1. The van der Waals surface area contributed by atoms with Gasteiger partial charge in [0.25, 0.3) is 0 Å². The van der Waals surface area contributed by atoms with Crippen molar-refractivity contribution in [3.8, 4) is 18.1 Å². The minimum atomic E-state index is -0.976. The lowest BCUT2D eigenvalue weighted by molar-refractivity contribution is -0.136. The van der Waals surface area contributed by atoms with Gasteiger partial charge in [0.05, 0.1) is 24.0 Å². The highest BCUT2D eigenvalue weighted by atomic mass is 32.1. The average Bonchev–Trinajstić information content (AvgIpc) is 2.85. The lowest BCUT2D eigenvalue weighted by atomic mass is 10.1. The molecular weight excluding hydrogens is 276 g/mol. The second-order valence-corrected chi connectivity index (χ2v) is 5.25. The number of hydrogen-bond acceptors (Lipinski definition) is 4. The Labute approximate surface area is 120 Å². The molecule has 102 valence electrons. The van der Waals surface area contributed by atoms with E-state index >= 15 is 0 Å². The number of thiophene rings is 1. The zero-order valence-corrected chi connectivity index (χ0v) is 11.6. The maximum Gasteiger partial charge on any atom is 0.303 e. The van der Waals surface area contributed by atoms with Crippen molar-refractivity contribution in [2.24, 2.45) is 0 Å². The Morgan fingerprint density at radius 2 is 2.10 bits per heavy atom. The van der Waals surface area contributed by atoms with E-state index in [0.29, 0.717) is 16.2 Å². The fourth-order valence-corrected chi connectivity index (χ4v) is 2.87. The van der Waals surface area contributed by atoms with Crippen molar-refractivity contribution >= 4 is 33.2 Å². The second kappa shape index (κ2) is 5.76. The molecular formula is C15H12O4S. The van der Waals surface area contributed by atoms with E-state index in [2.05, 4.69) is 5.92 Å². The molecule has 1 aromatic heterocycles. The minimum absolute atomic E-state index is 0.00128. The summed E-state index contributed by atoms with van der Waals surface area (Å²) < 4.78 is 6.08. The molecule has 5 heteroatoms. The number of benzene rings is 1. The monoisotopic (exact) mass is 288 g/mol. The van der Waals surface area contributed by atoms with Crippen LogP contribution in [0.15, 0.2) is 18.2 Å². The van der Waals surface area contributed by atoms with Crippen molar-refractivity contribution in [1.29, 1.82) is 0 Å². The van der Waals surface area contributed by atoms with E-state index in [1.165, 1.54) is 18.4 Å². The predicted molar refractivity (Wildman–Crippen MR) is 77.5 cm³/mol. The van der Waals surface area contributed by atoms with E-state index in [9.17, 15) is 9.59 Å². The molecule has 0 amide bonds. The highest BCUT2D eigenvalue weighted by Gasteiger charge is 2.13. The van der Waals surface area contributed by atoms with Gasteiger partial charge in [0.15, 0.2) is 5.78 Å². The summed E-state index contributed by atoms with van der Waals surface area (Å²) in [5.41, 5.74) is 0.627. The van der Waals surface area contributed by atoms with Crippen molar-refractivity contribution in [1.82, 2.24) is 0 Å². The average molecular weight is 288 g/mol. The highest BCUT2D eigenvalue weighted by Crippen LogP contribution is 2.32. The molecule has 20 heavy (non-hydrogen) atoms. The molecule has 0 radical (unpaired) electrons. The van der Waals surface area contributed by atoms with Gasteiger partial charge in [-0.05, 0) is 23.6 Å². The molecule has 0 spiro atoms. The maximum atomic E-state index is 11.9. The number of fused-ring (bicyclic) bond motifs is 1. The summed E-state index contributed by atoms with van der Waals surface area (Å²) in [6.07, 6.45) is 5.25. The standard InChI is InChI=1S/C15H12O4S/c1-3-9-6-10-7-14(11(16)4-5-15(17)18)20-13(10)8-12(9)19-2/h1,6-8H,4-5H2,2H3,(H,17,18). The zero-order chi connectivity index (χ0) is 14.7.